The Kier molecular flexibility index (Phi) is 5.53. The molecule has 0 saturated heterocycles. The maximum absolute atomic E-state index is 12.8. The molecular weight excluding hydrogens is 388 g/mol. The molecule has 1 amide bonds. The molecule has 0 radical (unpaired) electrons. The number of nitrogens with zero attached hydrogens (tertiary/aromatic N) is 2. The molecule has 1 unspecified atom stereocenters. The Morgan fingerprint density at radius 2 is 1.97 bits per heavy atom. The smallest absolute Gasteiger partial charge is 0.239 e. The van der Waals surface area contributed by atoms with E-state index >= 15 is 0 Å². The standard InChI is InChI=1S/C21H20N4O3S/c1-3-16(20(26)23-17-12-13(2)8-9-22-17)29-21-24-18(14-6-4-10-27-14)19(25-21)15-7-5-11-28-15/h4-12,16H,3H2,1-2H3,(H,24,25)(H,22,23,26). The third-order valence-electron chi connectivity index (χ3n) is 4.29. The van der Waals surface area contributed by atoms with E-state index in [4.69, 9.17) is 8.83 Å². The van der Waals surface area contributed by atoms with E-state index in [0.717, 1.165) is 5.56 Å². The molecule has 0 saturated carbocycles. The highest BCUT2D eigenvalue weighted by atomic mass is 32.2. The predicted molar refractivity (Wildman–Crippen MR) is 112 cm³/mol. The summed E-state index contributed by atoms with van der Waals surface area (Å²) in [4.78, 5) is 24.9. The first kappa shape index (κ1) is 19.1. The van der Waals surface area contributed by atoms with Gasteiger partial charge in [0.15, 0.2) is 16.7 Å². The molecule has 8 heteroatoms. The van der Waals surface area contributed by atoms with Crippen LogP contribution in [0.3, 0.4) is 0 Å². The molecule has 0 bridgehead atoms. The maximum atomic E-state index is 12.8. The van der Waals surface area contributed by atoms with Gasteiger partial charge in [0.1, 0.15) is 17.2 Å². The number of hydrogen-bond donors (Lipinski definition) is 2. The fourth-order valence-electron chi connectivity index (χ4n) is 2.87. The number of H-pyrrole nitrogens is 1. The van der Waals surface area contributed by atoms with Gasteiger partial charge < -0.3 is 19.1 Å². The zero-order valence-electron chi connectivity index (χ0n) is 16.0. The van der Waals surface area contributed by atoms with Crippen molar-refractivity contribution in [3.8, 4) is 22.9 Å². The predicted octanol–water partition coefficient (Wildman–Crippen LogP) is 5.14. The highest BCUT2D eigenvalue weighted by molar-refractivity contribution is 8.00. The highest BCUT2D eigenvalue weighted by Gasteiger charge is 2.24. The molecule has 29 heavy (non-hydrogen) atoms. The zero-order chi connectivity index (χ0) is 20.2. The Morgan fingerprint density at radius 1 is 1.21 bits per heavy atom. The summed E-state index contributed by atoms with van der Waals surface area (Å²) in [6.45, 7) is 3.92. The molecule has 0 aliphatic rings. The summed E-state index contributed by atoms with van der Waals surface area (Å²) >= 11 is 1.36. The van der Waals surface area contributed by atoms with Crippen LogP contribution in [0.1, 0.15) is 18.9 Å². The summed E-state index contributed by atoms with van der Waals surface area (Å²) in [6, 6.07) is 11.0. The average molecular weight is 408 g/mol. The van der Waals surface area contributed by atoms with Gasteiger partial charge in [-0.15, -0.1) is 0 Å². The fraction of sp³-hybridized carbons (Fsp3) is 0.190. The molecule has 0 fully saturated rings. The van der Waals surface area contributed by atoms with E-state index in [1.54, 1.807) is 24.8 Å². The third-order valence-corrected chi connectivity index (χ3v) is 5.54. The van der Waals surface area contributed by atoms with E-state index in [9.17, 15) is 4.79 Å². The van der Waals surface area contributed by atoms with E-state index in [1.807, 2.05) is 44.2 Å². The van der Waals surface area contributed by atoms with Crippen LogP contribution in [-0.4, -0.2) is 26.1 Å². The van der Waals surface area contributed by atoms with Gasteiger partial charge in [-0.05, 0) is 55.3 Å². The summed E-state index contributed by atoms with van der Waals surface area (Å²) in [5.41, 5.74) is 2.39. The van der Waals surface area contributed by atoms with Crippen molar-refractivity contribution in [2.45, 2.75) is 30.7 Å². The lowest BCUT2D eigenvalue weighted by molar-refractivity contribution is -0.115. The lowest BCUT2D eigenvalue weighted by Gasteiger charge is -2.13. The van der Waals surface area contributed by atoms with E-state index in [0.29, 0.717) is 40.3 Å². The summed E-state index contributed by atoms with van der Waals surface area (Å²) < 4.78 is 11.1. The molecule has 0 aliphatic heterocycles. The van der Waals surface area contributed by atoms with Crippen LogP contribution in [0.4, 0.5) is 5.82 Å². The van der Waals surface area contributed by atoms with Gasteiger partial charge in [-0.3, -0.25) is 4.79 Å². The van der Waals surface area contributed by atoms with Gasteiger partial charge in [-0.1, -0.05) is 18.7 Å². The highest BCUT2D eigenvalue weighted by Crippen LogP contribution is 2.35. The van der Waals surface area contributed by atoms with E-state index in [1.165, 1.54) is 11.8 Å². The van der Waals surface area contributed by atoms with Crippen LogP contribution >= 0.6 is 11.8 Å². The summed E-state index contributed by atoms with van der Waals surface area (Å²) in [6.07, 6.45) is 5.51. The first-order valence-electron chi connectivity index (χ1n) is 9.22. The SMILES string of the molecule is CCC(Sc1nc(-c2ccco2)c(-c2ccco2)[nH]1)C(=O)Nc1cc(C)ccn1. The molecule has 1 atom stereocenters. The van der Waals surface area contributed by atoms with Gasteiger partial charge in [-0.25, -0.2) is 9.97 Å². The van der Waals surface area contributed by atoms with Gasteiger partial charge in [0, 0.05) is 6.20 Å². The lowest BCUT2D eigenvalue weighted by atomic mass is 10.2. The number of aromatic amines is 1. The summed E-state index contributed by atoms with van der Waals surface area (Å²) in [5, 5.41) is 3.16. The molecule has 0 spiro atoms. The van der Waals surface area contributed by atoms with Crippen LogP contribution in [0.5, 0.6) is 0 Å². The number of nitrogens with one attached hydrogen (secondary N) is 2. The Balaban J connectivity index is 1.57. The number of rotatable bonds is 7. The zero-order valence-corrected chi connectivity index (χ0v) is 16.8. The molecule has 4 rings (SSSR count). The number of furan rings is 2. The van der Waals surface area contributed by atoms with Crippen LogP contribution in [0.15, 0.2) is 69.1 Å². The Bertz CT molecular complexity index is 1040. The monoisotopic (exact) mass is 408 g/mol. The number of anilines is 1. The molecular formula is C21H20N4O3S. The molecule has 7 nitrogen and oxygen atoms in total. The van der Waals surface area contributed by atoms with Crippen LogP contribution in [0.25, 0.3) is 22.9 Å². The molecule has 0 aromatic carbocycles. The maximum Gasteiger partial charge on any atom is 0.239 e. The van der Waals surface area contributed by atoms with Crippen molar-refractivity contribution in [1.82, 2.24) is 15.0 Å². The van der Waals surface area contributed by atoms with Gasteiger partial charge in [-0.2, -0.15) is 0 Å². The first-order chi connectivity index (χ1) is 14.1. The van der Waals surface area contributed by atoms with Gasteiger partial charge in [0.25, 0.3) is 0 Å². The first-order valence-corrected chi connectivity index (χ1v) is 10.1. The van der Waals surface area contributed by atoms with E-state index in [-0.39, 0.29) is 11.2 Å². The molecule has 4 aromatic rings. The molecule has 4 aromatic heterocycles. The number of carbonyl (C=O) groups excluding carboxylic acids is 1. The minimum atomic E-state index is -0.336. The average Bonchev–Trinajstić information content (AvgIpc) is 3.47. The van der Waals surface area contributed by atoms with Crippen LogP contribution < -0.4 is 5.32 Å². The number of thioether (sulfide) groups is 1. The minimum absolute atomic E-state index is 0.119. The van der Waals surface area contributed by atoms with Gasteiger partial charge in [0.2, 0.25) is 5.91 Å². The molecule has 2 N–H and O–H groups in total. The number of amides is 1. The second kappa shape index (κ2) is 8.40. The fourth-order valence-corrected chi connectivity index (χ4v) is 3.77. The third kappa shape index (κ3) is 4.27. The van der Waals surface area contributed by atoms with Crippen molar-refractivity contribution in [3.05, 3.63) is 60.7 Å². The number of pyridine rings is 1. The number of aryl methyl sites for hydroxylation is 1. The van der Waals surface area contributed by atoms with Crippen LogP contribution in [0.2, 0.25) is 0 Å². The number of hydrogen-bond acceptors (Lipinski definition) is 6. The van der Waals surface area contributed by atoms with E-state index in [2.05, 4.69) is 20.3 Å². The Morgan fingerprint density at radius 3 is 2.62 bits per heavy atom. The normalized spacial score (nSPS) is 12.1. The van der Waals surface area contributed by atoms with Crippen LogP contribution in [0, 0.1) is 6.92 Å². The minimum Gasteiger partial charge on any atom is -0.463 e. The molecule has 148 valence electrons. The van der Waals surface area contributed by atoms with Crippen molar-refractivity contribution in [1.29, 1.82) is 0 Å². The lowest BCUT2D eigenvalue weighted by Crippen LogP contribution is -2.25. The van der Waals surface area contributed by atoms with Crippen molar-refractivity contribution in [2.24, 2.45) is 0 Å². The number of imidazole rings is 1. The number of carbonyl (C=O) groups is 1. The van der Waals surface area contributed by atoms with Crippen molar-refractivity contribution in [3.63, 3.8) is 0 Å². The Hall–Kier alpha value is -3.26. The van der Waals surface area contributed by atoms with Gasteiger partial charge >= 0.3 is 0 Å². The van der Waals surface area contributed by atoms with E-state index < -0.39 is 0 Å². The van der Waals surface area contributed by atoms with Crippen LogP contribution in [-0.2, 0) is 4.79 Å². The molecule has 0 aliphatic carbocycles. The summed E-state index contributed by atoms with van der Waals surface area (Å²) in [5.74, 6) is 1.70. The van der Waals surface area contributed by atoms with Gasteiger partial charge in [0.05, 0.1) is 17.8 Å². The second-order valence-corrected chi connectivity index (χ2v) is 7.63. The topological polar surface area (TPSA) is 97.0 Å². The quantitative estimate of drug-likeness (QED) is 0.411. The van der Waals surface area contributed by atoms with Crippen molar-refractivity contribution >= 4 is 23.5 Å². The Labute approximate surface area is 171 Å². The summed E-state index contributed by atoms with van der Waals surface area (Å²) in [7, 11) is 0. The van der Waals surface area contributed by atoms with Crippen molar-refractivity contribution < 1.29 is 13.6 Å². The largest absolute Gasteiger partial charge is 0.463 e. The number of aromatic nitrogens is 3. The van der Waals surface area contributed by atoms with Crippen molar-refractivity contribution in [2.75, 3.05) is 5.32 Å². The molecule has 4 heterocycles. The second-order valence-electron chi connectivity index (χ2n) is 6.44.